The molecule has 0 aliphatic carbocycles. The fraction of sp³-hybridized carbons (Fsp3) is 0.868. The maximum Gasteiger partial charge on any atom is 0.306 e. The van der Waals surface area contributed by atoms with Crippen LogP contribution < -0.4 is 5.32 Å². The topological polar surface area (TPSA) is 210 Å². The predicted octanol–water partition coefficient (Wildman–Crippen LogP) is 5.96. The highest BCUT2D eigenvalue weighted by atomic mass is 16.5. The predicted molar refractivity (Wildman–Crippen MR) is 280 cm³/mol. The fourth-order valence-electron chi connectivity index (χ4n) is 9.00. The number of amides is 4. The molecule has 71 heavy (non-hydrogen) atoms. The Morgan fingerprint density at radius 2 is 0.831 bits per heavy atom. The van der Waals surface area contributed by atoms with Gasteiger partial charge in [-0.05, 0) is 126 Å². The van der Waals surface area contributed by atoms with Crippen LogP contribution in [-0.4, -0.2) is 206 Å². The number of rotatable bonds is 29. The number of carboxylic acids is 1. The number of aliphatic carboxylic acids is 1. The minimum absolute atomic E-state index is 0.0762. The highest BCUT2D eigenvalue weighted by molar-refractivity contribution is 5.81. The quantitative estimate of drug-likeness (QED) is 0.0584. The van der Waals surface area contributed by atoms with Crippen molar-refractivity contribution in [3.63, 3.8) is 0 Å². The molecule has 3 fully saturated rings. The molecule has 0 bridgehead atoms. The minimum atomic E-state index is -1.01. The second-order valence-electron chi connectivity index (χ2n) is 19.8. The van der Waals surface area contributed by atoms with E-state index in [-0.39, 0.29) is 91.7 Å². The molecule has 0 radical (unpaired) electrons. The van der Waals surface area contributed by atoms with Gasteiger partial charge in [-0.2, -0.15) is 0 Å². The number of esters is 2. The van der Waals surface area contributed by atoms with E-state index in [1.807, 2.05) is 49.6 Å². The van der Waals surface area contributed by atoms with Crippen LogP contribution in [0.5, 0.6) is 0 Å². The van der Waals surface area contributed by atoms with Crippen molar-refractivity contribution in [1.29, 1.82) is 0 Å². The molecule has 0 unspecified atom stereocenters. The van der Waals surface area contributed by atoms with Crippen LogP contribution in [0.2, 0.25) is 0 Å². The van der Waals surface area contributed by atoms with Crippen LogP contribution in [0.15, 0.2) is 0 Å². The van der Waals surface area contributed by atoms with Crippen molar-refractivity contribution in [3.05, 3.63) is 0 Å². The number of likely N-dealkylation sites (tertiary alicyclic amines) is 3. The van der Waals surface area contributed by atoms with Crippen molar-refractivity contribution in [3.8, 4) is 0 Å². The van der Waals surface area contributed by atoms with Crippen LogP contribution in [-0.2, 0) is 43.0 Å². The molecule has 0 aromatic carbocycles. The number of ether oxygens (including phenoxy) is 2. The number of carbonyl (C=O) groups excluding carboxylic acids is 6. The van der Waals surface area contributed by atoms with E-state index in [0.717, 1.165) is 103 Å². The van der Waals surface area contributed by atoms with E-state index in [1.54, 1.807) is 7.05 Å². The lowest BCUT2D eigenvalue weighted by Crippen LogP contribution is -2.35. The number of unbranched alkanes of at least 4 members (excludes halogenated alkanes) is 6. The summed E-state index contributed by atoms with van der Waals surface area (Å²) in [6, 6.07) is 0.502. The van der Waals surface area contributed by atoms with Crippen molar-refractivity contribution in [1.82, 2.24) is 34.7 Å². The Kier molecular flexibility index (Phi) is 37.5. The zero-order valence-electron chi connectivity index (χ0n) is 46.5. The lowest BCUT2D eigenvalue weighted by molar-refractivity contribution is -0.152. The van der Waals surface area contributed by atoms with Gasteiger partial charge in [-0.25, -0.2) is 0 Å². The SMILES string of the molecule is CC.CC[C@@H]1C[C@@H](O)CN1C(=O)CCCCCN(C)C.CC[C@@H]1C[C@@H](OC(=O)CCC(=O)NC)CN1C(=O)CCCCCN(C)C.CC[C@@H]1C[C@@H](OC(=O)CCC(=O)O)CN1C(=O)CCCCCN(C)C. The molecule has 18 nitrogen and oxygen atoms in total. The summed E-state index contributed by atoms with van der Waals surface area (Å²) in [5, 5.41) is 20.7. The molecule has 3 rings (SSSR count). The number of nitrogens with one attached hydrogen (secondary N) is 1. The third kappa shape index (κ3) is 30.7. The third-order valence-electron chi connectivity index (χ3n) is 13.0. The lowest BCUT2D eigenvalue weighted by atomic mass is 10.1. The van der Waals surface area contributed by atoms with Gasteiger partial charge in [0.05, 0.1) is 38.5 Å². The summed E-state index contributed by atoms with van der Waals surface area (Å²) < 4.78 is 10.8. The Balaban J connectivity index is 0.00000103. The number of nitrogens with zero attached hydrogens (tertiary/aromatic N) is 6. The zero-order chi connectivity index (χ0) is 53.9. The van der Waals surface area contributed by atoms with Gasteiger partial charge in [-0.3, -0.25) is 33.6 Å². The number of carboxylic acid groups (broad SMARTS) is 1. The van der Waals surface area contributed by atoms with Gasteiger partial charge in [0.25, 0.3) is 0 Å². The monoisotopic (exact) mass is 1010 g/mol. The smallest absolute Gasteiger partial charge is 0.306 e. The van der Waals surface area contributed by atoms with Crippen molar-refractivity contribution in [2.45, 2.75) is 212 Å². The first kappa shape index (κ1) is 67.1. The first-order chi connectivity index (χ1) is 33.7. The van der Waals surface area contributed by atoms with Gasteiger partial charge in [-0.15, -0.1) is 0 Å². The molecule has 0 aromatic heterocycles. The van der Waals surface area contributed by atoms with Crippen molar-refractivity contribution < 1.29 is 53.2 Å². The Labute approximate surface area is 429 Å². The molecular weight excluding hydrogens is 911 g/mol. The summed E-state index contributed by atoms with van der Waals surface area (Å²) in [6.07, 6.45) is 14.7. The van der Waals surface area contributed by atoms with Gasteiger partial charge in [0.15, 0.2) is 0 Å². The molecule has 0 aromatic rings. The second kappa shape index (κ2) is 39.6. The van der Waals surface area contributed by atoms with E-state index < -0.39 is 11.9 Å². The number of aliphatic hydroxyl groups is 1. The average Bonchev–Trinajstić information content (AvgIpc) is 4.06. The van der Waals surface area contributed by atoms with Gasteiger partial charge in [0.2, 0.25) is 23.6 Å². The molecule has 4 amide bonds. The van der Waals surface area contributed by atoms with Crippen LogP contribution >= 0.6 is 0 Å². The van der Waals surface area contributed by atoms with Gasteiger partial charge < -0.3 is 54.4 Å². The van der Waals surface area contributed by atoms with Crippen LogP contribution in [0.25, 0.3) is 0 Å². The van der Waals surface area contributed by atoms with Crippen LogP contribution in [0, 0.1) is 0 Å². The summed E-state index contributed by atoms with van der Waals surface area (Å²) in [6.45, 7) is 14.8. The second-order valence-corrected chi connectivity index (χ2v) is 19.8. The molecule has 414 valence electrons. The van der Waals surface area contributed by atoms with Gasteiger partial charge in [0, 0.05) is 70.2 Å². The van der Waals surface area contributed by atoms with Crippen LogP contribution in [0.1, 0.15) is 176 Å². The molecule has 18 heteroatoms. The van der Waals surface area contributed by atoms with Crippen LogP contribution in [0.3, 0.4) is 0 Å². The highest BCUT2D eigenvalue weighted by Gasteiger charge is 2.37. The molecule has 3 saturated heterocycles. The Morgan fingerprint density at radius 1 is 0.493 bits per heavy atom. The summed E-state index contributed by atoms with van der Waals surface area (Å²) in [4.78, 5) is 94.4. The fourth-order valence-corrected chi connectivity index (χ4v) is 9.00. The summed E-state index contributed by atoms with van der Waals surface area (Å²) in [5.41, 5.74) is 0. The van der Waals surface area contributed by atoms with E-state index in [9.17, 15) is 38.7 Å². The Bertz CT molecular complexity index is 1520. The van der Waals surface area contributed by atoms with Crippen LogP contribution in [0.4, 0.5) is 0 Å². The number of hydrogen-bond acceptors (Lipinski definition) is 13. The Morgan fingerprint density at radius 3 is 1.15 bits per heavy atom. The van der Waals surface area contributed by atoms with E-state index in [4.69, 9.17) is 14.6 Å². The van der Waals surface area contributed by atoms with Crippen molar-refractivity contribution in [2.24, 2.45) is 0 Å². The normalized spacial score (nSPS) is 20.4. The minimum Gasteiger partial charge on any atom is -0.481 e. The standard InChI is InChI=1S/C19H35N3O4.C18H32N2O5.C14H28N2O2.C2H6/c1-5-15-13-16(26-19(25)11-10-17(23)20-2)14-22(15)18(24)9-7-6-8-12-21(3)4;1-4-14-12-15(25-18(24)10-9-17(22)23)13-20(14)16(21)8-6-5-7-11-19(2)3;1-4-12-10-13(17)11-16(12)14(18)8-6-5-7-9-15(2)3;1-2/h15-16H,5-14H2,1-4H3,(H,20,23);14-15H,4-13H2,1-3H3,(H,22,23);12-13,17H,4-11H2,1-3H3;1-2H3/t15-,16-;14-,15-;12-,13-;/m111./s1. The number of carbonyl (C=O) groups is 7. The van der Waals surface area contributed by atoms with Crippen molar-refractivity contribution in [2.75, 3.05) is 88.6 Å². The molecule has 3 aliphatic heterocycles. The number of aliphatic hydroxyl groups excluding tert-OH is 1. The molecule has 3 aliphatic rings. The van der Waals surface area contributed by atoms with Gasteiger partial charge in [-0.1, -0.05) is 53.9 Å². The zero-order valence-corrected chi connectivity index (χ0v) is 46.5. The first-order valence-electron chi connectivity index (χ1n) is 27.1. The highest BCUT2D eigenvalue weighted by Crippen LogP contribution is 2.27. The molecule has 3 N–H and O–H groups in total. The summed E-state index contributed by atoms with van der Waals surface area (Å²) in [7, 11) is 13.9. The number of β-amino-alcohol motifs (C(OH)–C–C–N with tert-alkyl or cyclic N) is 1. The summed E-state index contributed by atoms with van der Waals surface area (Å²) in [5.74, 6) is -1.55. The van der Waals surface area contributed by atoms with E-state index in [0.29, 0.717) is 51.7 Å². The average molecular weight is 1010 g/mol. The molecule has 0 spiro atoms. The largest absolute Gasteiger partial charge is 0.481 e. The Hall–Kier alpha value is -3.87. The van der Waals surface area contributed by atoms with E-state index in [2.05, 4.69) is 62.1 Å². The third-order valence-corrected chi connectivity index (χ3v) is 13.0. The number of hydrogen-bond donors (Lipinski definition) is 3. The van der Waals surface area contributed by atoms with Gasteiger partial charge >= 0.3 is 17.9 Å². The summed E-state index contributed by atoms with van der Waals surface area (Å²) >= 11 is 0. The van der Waals surface area contributed by atoms with E-state index >= 15 is 0 Å². The lowest BCUT2D eigenvalue weighted by Gasteiger charge is -2.23. The molecule has 3 heterocycles. The van der Waals surface area contributed by atoms with Crippen molar-refractivity contribution >= 4 is 41.5 Å². The first-order valence-corrected chi connectivity index (χ1v) is 27.1. The molecule has 0 saturated carbocycles. The van der Waals surface area contributed by atoms with Gasteiger partial charge in [0.1, 0.15) is 12.2 Å². The molecular formula is C53H101N7O11. The molecule has 6 atom stereocenters. The maximum absolute atomic E-state index is 12.5. The maximum atomic E-state index is 12.5. The van der Waals surface area contributed by atoms with E-state index in [1.165, 1.54) is 0 Å².